The number of hydrogen-bond donors (Lipinski definition) is 2. The van der Waals surface area contributed by atoms with Crippen molar-refractivity contribution in [3.8, 4) is 11.5 Å². The van der Waals surface area contributed by atoms with Crippen molar-refractivity contribution in [1.82, 2.24) is 0 Å². The molecule has 0 aliphatic carbocycles. The van der Waals surface area contributed by atoms with Crippen LogP contribution in [0.15, 0.2) is 109 Å². The van der Waals surface area contributed by atoms with E-state index in [1.807, 2.05) is 0 Å². The summed E-state index contributed by atoms with van der Waals surface area (Å²) in [7, 11) is -7.83. The molecule has 4 rings (SSSR count). The van der Waals surface area contributed by atoms with Crippen LogP contribution in [0.4, 0.5) is 16.2 Å². The van der Waals surface area contributed by atoms with Gasteiger partial charge in [0.05, 0.1) is 0 Å². The molecule has 196 valence electrons. The molecule has 0 spiro atoms. The highest BCUT2D eigenvalue weighted by Gasteiger charge is 2.16. The Kier molecular flexibility index (Phi) is 8.29. The monoisotopic (exact) mass is 552 g/mol. The number of carbonyl (C=O) groups excluding carboxylic acids is 1. The van der Waals surface area contributed by atoms with E-state index in [4.69, 9.17) is 8.37 Å². The Hall–Kier alpha value is -4.35. The van der Waals surface area contributed by atoms with Crippen LogP contribution in [-0.2, 0) is 31.7 Å². The van der Waals surface area contributed by atoms with Gasteiger partial charge in [0, 0.05) is 23.5 Å². The van der Waals surface area contributed by atoms with E-state index < -0.39 is 26.3 Å². The van der Waals surface area contributed by atoms with Gasteiger partial charge in [0.15, 0.2) is 0 Å². The lowest BCUT2D eigenvalue weighted by Crippen LogP contribution is -2.19. The summed E-state index contributed by atoms with van der Waals surface area (Å²) in [4.78, 5) is 12.5. The molecule has 0 unspecified atom stereocenters. The molecule has 0 aromatic heterocycles. The van der Waals surface area contributed by atoms with Crippen molar-refractivity contribution >= 4 is 37.6 Å². The van der Waals surface area contributed by atoms with Crippen molar-refractivity contribution in [2.75, 3.05) is 10.6 Å². The standard InChI is InChI=1S/C27H24N2O7S2/c30-27(28-23-13-7-15-25(17-23)35-37(31,32)19-21-9-3-1-4-10-21)29-24-14-8-16-26(18-24)36-38(33,34)20-22-11-5-2-6-12-22/h1-18H,19-20H2,(H2,28,29,30). The summed E-state index contributed by atoms with van der Waals surface area (Å²) in [5, 5.41) is 5.17. The first-order valence-electron chi connectivity index (χ1n) is 11.4. The SMILES string of the molecule is O=C(Nc1cccc(OS(=O)(=O)Cc2ccccc2)c1)Nc1cccc(OS(=O)(=O)Cc2ccccc2)c1. The van der Waals surface area contributed by atoms with Crippen molar-refractivity contribution in [2.24, 2.45) is 0 Å². The summed E-state index contributed by atoms with van der Waals surface area (Å²) in [6, 6.07) is 28.5. The molecule has 0 bridgehead atoms. The molecule has 0 saturated carbocycles. The van der Waals surface area contributed by atoms with Crippen LogP contribution in [0, 0.1) is 0 Å². The van der Waals surface area contributed by atoms with E-state index in [-0.39, 0.29) is 34.4 Å². The van der Waals surface area contributed by atoms with Crippen molar-refractivity contribution in [1.29, 1.82) is 0 Å². The van der Waals surface area contributed by atoms with Gasteiger partial charge < -0.3 is 19.0 Å². The van der Waals surface area contributed by atoms with Gasteiger partial charge in [0.1, 0.15) is 23.0 Å². The number of amides is 2. The second-order valence-electron chi connectivity index (χ2n) is 8.18. The molecule has 0 heterocycles. The van der Waals surface area contributed by atoms with Crippen molar-refractivity contribution < 1.29 is 30.0 Å². The third-order valence-corrected chi connectivity index (χ3v) is 7.27. The molecule has 2 N–H and O–H groups in total. The van der Waals surface area contributed by atoms with Crippen LogP contribution >= 0.6 is 0 Å². The summed E-state index contributed by atoms with van der Waals surface area (Å²) < 4.78 is 60.0. The molecule has 0 saturated heterocycles. The van der Waals surface area contributed by atoms with Gasteiger partial charge in [-0.3, -0.25) is 0 Å². The lowest BCUT2D eigenvalue weighted by molar-refractivity contribution is 0.262. The average Bonchev–Trinajstić information content (AvgIpc) is 2.84. The molecule has 0 radical (unpaired) electrons. The van der Waals surface area contributed by atoms with E-state index in [0.717, 1.165) is 0 Å². The number of urea groups is 1. The van der Waals surface area contributed by atoms with E-state index >= 15 is 0 Å². The van der Waals surface area contributed by atoms with Gasteiger partial charge in [-0.05, 0) is 35.4 Å². The Balaban J connectivity index is 1.35. The van der Waals surface area contributed by atoms with E-state index in [9.17, 15) is 21.6 Å². The van der Waals surface area contributed by atoms with Crippen molar-refractivity contribution in [3.05, 3.63) is 120 Å². The van der Waals surface area contributed by atoms with Crippen LogP contribution in [0.25, 0.3) is 0 Å². The third-order valence-electron chi connectivity index (χ3n) is 5.00. The molecule has 11 heteroatoms. The first-order valence-corrected chi connectivity index (χ1v) is 14.5. The number of rotatable bonds is 10. The Labute approximate surface area is 221 Å². The zero-order valence-corrected chi connectivity index (χ0v) is 21.6. The van der Waals surface area contributed by atoms with Gasteiger partial charge in [-0.15, -0.1) is 0 Å². The largest absolute Gasteiger partial charge is 0.382 e. The minimum atomic E-state index is -3.91. The molecule has 0 atom stereocenters. The average molecular weight is 553 g/mol. The summed E-state index contributed by atoms with van der Waals surface area (Å²) in [5.41, 5.74) is 1.74. The molecular formula is C27H24N2O7S2. The van der Waals surface area contributed by atoms with Gasteiger partial charge in [-0.2, -0.15) is 16.8 Å². The van der Waals surface area contributed by atoms with E-state index in [2.05, 4.69) is 10.6 Å². The van der Waals surface area contributed by atoms with E-state index in [0.29, 0.717) is 11.1 Å². The number of hydrogen-bond acceptors (Lipinski definition) is 7. The summed E-state index contributed by atoms with van der Waals surface area (Å²) >= 11 is 0. The minimum Gasteiger partial charge on any atom is -0.382 e. The predicted molar refractivity (Wildman–Crippen MR) is 145 cm³/mol. The molecular weight excluding hydrogens is 528 g/mol. The van der Waals surface area contributed by atoms with Gasteiger partial charge in [0.2, 0.25) is 0 Å². The Morgan fingerprint density at radius 3 is 1.34 bits per heavy atom. The fourth-order valence-electron chi connectivity index (χ4n) is 3.45. The zero-order valence-electron chi connectivity index (χ0n) is 20.0. The molecule has 0 aliphatic heterocycles. The lowest BCUT2D eigenvalue weighted by atomic mass is 10.2. The molecule has 4 aromatic carbocycles. The Morgan fingerprint density at radius 2 is 0.947 bits per heavy atom. The molecule has 0 aliphatic rings. The van der Waals surface area contributed by atoms with E-state index in [1.54, 1.807) is 72.8 Å². The summed E-state index contributed by atoms with van der Waals surface area (Å²) in [5.74, 6) is -0.521. The fourth-order valence-corrected chi connectivity index (χ4v) is 5.57. The van der Waals surface area contributed by atoms with E-state index in [1.165, 1.54) is 36.4 Å². The first-order chi connectivity index (χ1) is 18.2. The van der Waals surface area contributed by atoms with Crippen LogP contribution in [0.5, 0.6) is 11.5 Å². The predicted octanol–water partition coefficient (Wildman–Crippen LogP) is 5.15. The quantitative estimate of drug-likeness (QED) is 0.261. The van der Waals surface area contributed by atoms with Crippen molar-refractivity contribution in [2.45, 2.75) is 11.5 Å². The van der Waals surface area contributed by atoms with Gasteiger partial charge in [-0.25, -0.2) is 4.79 Å². The molecule has 0 fully saturated rings. The lowest BCUT2D eigenvalue weighted by Gasteiger charge is -2.11. The van der Waals surface area contributed by atoms with Gasteiger partial charge >= 0.3 is 26.3 Å². The maximum atomic E-state index is 12.5. The Morgan fingerprint density at radius 1 is 0.553 bits per heavy atom. The van der Waals surface area contributed by atoms with Crippen LogP contribution in [0.2, 0.25) is 0 Å². The normalized spacial score (nSPS) is 11.4. The number of anilines is 2. The highest BCUT2D eigenvalue weighted by atomic mass is 32.2. The second kappa shape index (κ2) is 11.8. The number of carbonyl (C=O) groups is 1. The Bertz CT molecular complexity index is 1490. The molecule has 38 heavy (non-hydrogen) atoms. The number of nitrogens with one attached hydrogen (secondary N) is 2. The van der Waals surface area contributed by atoms with Crippen LogP contribution in [0.1, 0.15) is 11.1 Å². The van der Waals surface area contributed by atoms with Gasteiger partial charge in [0.25, 0.3) is 0 Å². The summed E-state index contributed by atoms with van der Waals surface area (Å²) in [6.45, 7) is 0. The zero-order chi connectivity index (χ0) is 27.0. The smallest absolute Gasteiger partial charge is 0.323 e. The fraction of sp³-hybridized carbons (Fsp3) is 0.0741. The van der Waals surface area contributed by atoms with Crippen LogP contribution in [0.3, 0.4) is 0 Å². The third kappa shape index (κ3) is 8.36. The van der Waals surface area contributed by atoms with Crippen LogP contribution in [-0.4, -0.2) is 22.9 Å². The summed E-state index contributed by atoms with van der Waals surface area (Å²) in [6.07, 6.45) is 0. The minimum absolute atomic E-state index is 0.0396. The topological polar surface area (TPSA) is 128 Å². The first kappa shape index (κ1) is 26.7. The van der Waals surface area contributed by atoms with Crippen molar-refractivity contribution in [3.63, 3.8) is 0 Å². The number of benzene rings is 4. The highest BCUT2D eigenvalue weighted by molar-refractivity contribution is 7.86. The molecule has 4 aromatic rings. The maximum absolute atomic E-state index is 12.5. The van der Waals surface area contributed by atoms with Gasteiger partial charge in [-0.1, -0.05) is 72.8 Å². The highest BCUT2D eigenvalue weighted by Crippen LogP contribution is 2.23. The van der Waals surface area contributed by atoms with Crippen LogP contribution < -0.4 is 19.0 Å². The molecule has 2 amide bonds. The maximum Gasteiger partial charge on any atom is 0.323 e. The molecule has 9 nitrogen and oxygen atoms in total. The second-order valence-corrected chi connectivity index (χ2v) is 11.3.